The van der Waals surface area contributed by atoms with Crippen molar-refractivity contribution >= 4 is 23.2 Å². The summed E-state index contributed by atoms with van der Waals surface area (Å²) in [5, 5.41) is 10.9. The molecule has 2 aromatic heterocycles. The molecule has 7 heteroatoms. The van der Waals surface area contributed by atoms with E-state index in [0.29, 0.717) is 31.9 Å². The number of carbonyl (C=O) groups is 2. The molecule has 0 spiro atoms. The number of carboxylic acids is 1. The largest absolute Gasteiger partial charge is 0.481 e. The number of thiophene rings is 1. The predicted molar refractivity (Wildman–Crippen MR) is 85.7 cm³/mol. The van der Waals surface area contributed by atoms with E-state index >= 15 is 0 Å². The zero-order valence-corrected chi connectivity index (χ0v) is 13.4. The number of ether oxygens (including phenoxy) is 1. The van der Waals surface area contributed by atoms with E-state index in [2.05, 4.69) is 0 Å². The van der Waals surface area contributed by atoms with Crippen molar-refractivity contribution in [3.63, 3.8) is 0 Å². The van der Waals surface area contributed by atoms with Crippen LogP contribution in [0.1, 0.15) is 21.8 Å². The van der Waals surface area contributed by atoms with Crippen LogP contribution in [0.5, 0.6) is 0 Å². The van der Waals surface area contributed by atoms with Gasteiger partial charge in [0.05, 0.1) is 25.7 Å². The second-order valence-corrected chi connectivity index (χ2v) is 6.47. The maximum atomic E-state index is 12.7. The molecule has 3 rings (SSSR count). The topological polar surface area (TPSA) is 71.8 Å². The predicted octanol–water partition coefficient (Wildman–Crippen LogP) is 1.91. The van der Waals surface area contributed by atoms with Crippen molar-refractivity contribution in [1.29, 1.82) is 0 Å². The van der Waals surface area contributed by atoms with Crippen LogP contribution < -0.4 is 0 Å². The van der Waals surface area contributed by atoms with Crippen molar-refractivity contribution in [1.82, 2.24) is 9.47 Å². The fraction of sp³-hybridized carbons (Fsp3) is 0.375. The number of carboxylic acid groups (broad SMARTS) is 1. The number of aromatic nitrogens is 1. The molecule has 1 atom stereocenters. The summed E-state index contributed by atoms with van der Waals surface area (Å²) in [6.07, 6.45) is 1.37. The summed E-state index contributed by atoms with van der Waals surface area (Å²) >= 11 is 1.65. The average Bonchev–Trinajstić information content (AvgIpc) is 3.18. The maximum absolute atomic E-state index is 12.7. The minimum atomic E-state index is -0.912. The lowest BCUT2D eigenvalue weighted by molar-refractivity contribution is -0.141. The van der Waals surface area contributed by atoms with E-state index < -0.39 is 12.1 Å². The Bertz CT molecular complexity index is 680. The molecule has 3 heterocycles. The molecule has 6 nitrogen and oxygen atoms in total. The molecular weight excluding hydrogens is 316 g/mol. The third kappa shape index (κ3) is 3.80. The maximum Gasteiger partial charge on any atom is 0.306 e. The fourth-order valence-corrected chi connectivity index (χ4v) is 3.40. The molecular formula is C16H18N2O4S. The van der Waals surface area contributed by atoms with Gasteiger partial charge in [-0.05, 0) is 23.6 Å². The van der Waals surface area contributed by atoms with Crippen molar-refractivity contribution in [3.05, 3.63) is 46.4 Å². The van der Waals surface area contributed by atoms with Gasteiger partial charge in [0.15, 0.2) is 0 Å². The standard InChI is InChI=1S/C16H18N2O4S/c19-15(20)9-12-10-18(6-7-22-12)16(21)14-4-1-5-17(14)11-13-3-2-8-23-13/h1-5,8,12H,6-7,9-11H2,(H,19,20)/t12-/m0/s1. The summed E-state index contributed by atoms with van der Waals surface area (Å²) in [4.78, 5) is 26.4. The van der Waals surface area contributed by atoms with Gasteiger partial charge in [0, 0.05) is 24.2 Å². The Kier molecular flexibility index (Phi) is 4.78. The van der Waals surface area contributed by atoms with Gasteiger partial charge in [-0.2, -0.15) is 0 Å². The minimum absolute atomic E-state index is 0.0785. The van der Waals surface area contributed by atoms with E-state index in [0.717, 1.165) is 0 Å². The Morgan fingerprint density at radius 1 is 1.35 bits per heavy atom. The Labute approximate surface area is 137 Å². The van der Waals surface area contributed by atoms with Gasteiger partial charge in [0.2, 0.25) is 0 Å². The van der Waals surface area contributed by atoms with Crippen molar-refractivity contribution < 1.29 is 19.4 Å². The average molecular weight is 334 g/mol. The van der Waals surface area contributed by atoms with E-state index in [9.17, 15) is 9.59 Å². The van der Waals surface area contributed by atoms with Gasteiger partial charge in [0.1, 0.15) is 5.69 Å². The third-order valence-corrected chi connectivity index (χ3v) is 4.64. The fourth-order valence-electron chi connectivity index (χ4n) is 2.70. The van der Waals surface area contributed by atoms with Crippen LogP contribution in [0.2, 0.25) is 0 Å². The number of hydrogen-bond acceptors (Lipinski definition) is 4. The van der Waals surface area contributed by atoms with Crippen LogP contribution in [0.3, 0.4) is 0 Å². The Morgan fingerprint density at radius 2 is 2.22 bits per heavy atom. The Hall–Kier alpha value is -2.12. The summed E-state index contributed by atoms with van der Waals surface area (Å²) in [6.45, 7) is 1.83. The van der Waals surface area contributed by atoms with Crippen LogP contribution in [-0.2, 0) is 16.1 Å². The van der Waals surface area contributed by atoms with Crippen molar-refractivity contribution in [2.24, 2.45) is 0 Å². The Morgan fingerprint density at radius 3 is 2.96 bits per heavy atom. The lowest BCUT2D eigenvalue weighted by Crippen LogP contribution is -2.46. The first-order valence-electron chi connectivity index (χ1n) is 7.43. The highest BCUT2D eigenvalue weighted by molar-refractivity contribution is 7.09. The SMILES string of the molecule is O=C(O)C[C@H]1CN(C(=O)c2cccn2Cc2cccs2)CCO1. The molecule has 1 N–H and O–H groups in total. The number of rotatable bonds is 5. The molecule has 0 unspecified atom stereocenters. The smallest absolute Gasteiger partial charge is 0.306 e. The Balaban J connectivity index is 1.70. The molecule has 23 heavy (non-hydrogen) atoms. The van der Waals surface area contributed by atoms with Gasteiger partial charge < -0.3 is 19.3 Å². The van der Waals surface area contributed by atoms with Crippen LogP contribution in [-0.4, -0.2) is 52.3 Å². The number of hydrogen-bond donors (Lipinski definition) is 1. The molecule has 0 aromatic carbocycles. The van der Waals surface area contributed by atoms with Crippen LogP contribution in [0.25, 0.3) is 0 Å². The molecule has 122 valence electrons. The molecule has 1 aliphatic heterocycles. The summed E-state index contributed by atoms with van der Waals surface area (Å²) in [7, 11) is 0. The van der Waals surface area contributed by atoms with Gasteiger partial charge in [-0.3, -0.25) is 9.59 Å². The number of carbonyl (C=O) groups excluding carboxylic acids is 1. The molecule has 0 saturated carbocycles. The second kappa shape index (κ2) is 6.97. The molecule has 0 radical (unpaired) electrons. The number of aliphatic carboxylic acids is 1. The zero-order chi connectivity index (χ0) is 16.2. The summed E-state index contributed by atoms with van der Waals surface area (Å²) < 4.78 is 7.35. The molecule has 0 aliphatic carbocycles. The number of amides is 1. The first-order valence-corrected chi connectivity index (χ1v) is 8.31. The number of morpholine rings is 1. The third-order valence-electron chi connectivity index (χ3n) is 3.78. The lowest BCUT2D eigenvalue weighted by atomic mass is 10.2. The van der Waals surface area contributed by atoms with E-state index in [1.807, 2.05) is 34.3 Å². The summed E-state index contributed by atoms with van der Waals surface area (Å²) in [5.74, 6) is -0.990. The normalized spacial score (nSPS) is 18.1. The number of nitrogens with zero attached hydrogens (tertiary/aromatic N) is 2. The lowest BCUT2D eigenvalue weighted by Gasteiger charge is -2.32. The first-order chi connectivity index (χ1) is 11.1. The molecule has 1 saturated heterocycles. The van der Waals surface area contributed by atoms with E-state index in [1.165, 1.54) is 4.88 Å². The molecule has 2 aromatic rings. The van der Waals surface area contributed by atoms with Gasteiger partial charge in [-0.15, -0.1) is 11.3 Å². The quantitative estimate of drug-likeness (QED) is 0.907. The van der Waals surface area contributed by atoms with Gasteiger partial charge >= 0.3 is 5.97 Å². The molecule has 1 fully saturated rings. The van der Waals surface area contributed by atoms with Crippen LogP contribution in [0.15, 0.2) is 35.8 Å². The summed E-state index contributed by atoms with van der Waals surface area (Å²) in [5.41, 5.74) is 0.620. The van der Waals surface area contributed by atoms with Gasteiger partial charge in [-0.1, -0.05) is 6.07 Å². The van der Waals surface area contributed by atoms with Crippen LogP contribution in [0, 0.1) is 0 Å². The monoisotopic (exact) mass is 334 g/mol. The van der Waals surface area contributed by atoms with Crippen molar-refractivity contribution in [2.45, 2.75) is 19.1 Å². The van der Waals surface area contributed by atoms with Crippen molar-refractivity contribution in [3.8, 4) is 0 Å². The van der Waals surface area contributed by atoms with Crippen LogP contribution in [0.4, 0.5) is 0 Å². The highest BCUT2D eigenvalue weighted by atomic mass is 32.1. The zero-order valence-electron chi connectivity index (χ0n) is 12.6. The van der Waals surface area contributed by atoms with Gasteiger partial charge in [0.25, 0.3) is 5.91 Å². The van der Waals surface area contributed by atoms with E-state index in [1.54, 1.807) is 22.3 Å². The first kappa shape index (κ1) is 15.8. The molecule has 0 bridgehead atoms. The molecule has 1 aliphatic rings. The minimum Gasteiger partial charge on any atom is -0.481 e. The van der Waals surface area contributed by atoms with Crippen LogP contribution >= 0.6 is 11.3 Å². The highest BCUT2D eigenvalue weighted by Crippen LogP contribution is 2.16. The highest BCUT2D eigenvalue weighted by Gasteiger charge is 2.27. The van der Waals surface area contributed by atoms with Gasteiger partial charge in [-0.25, -0.2) is 0 Å². The summed E-state index contributed by atoms with van der Waals surface area (Å²) in [6, 6.07) is 7.69. The van der Waals surface area contributed by atoms with E-state index in [4.69, 9.17) is 9.84 Å². The van der Waals surface area contributed by atoms with Crippen molar-refractivity contribution in [2.75, 3.05) is 19.7 Å². The molecule has 1 amide bonds. The second-order valence-electron chi connectivity index (χ2n) is 5.44. The van der Waals surface area contributed by atoms with E-state index in [-0.39, 0.29) is 12.3 Å².